The normalized spacial score (nSPS) is 22.3. The van der Waals surface area contributed by atoms with E-state index >= 15 is 0 Å². The fourth-order valence-corrected chi connectivity index (χ4v) is 4.24. The SMILES string of the molecule is COCC1=C(C(=O)Nc2ccccc2OC)C(=O)N2NC(C(F)(F)F)C(c3ccccc3)C2N1. The van der Waals surface area contributed by atoms with Gasteiger partial charge in [0.15, 0.2) is 0 Å². The minimum atomic E-state index is -4.65. The molecule has 0 aromatic heterocycles. The number of hydrazine groups is 1. The number of amides is 2. The average Bonchev–Trinajstić information content (AvgIpc) is 3.21. The highest BCUT2D eigenvalue weighted by Crippen LogP contribution is 2.41. The van der Waals surface area contributed by atoms with E-state index in [0.717, 1.165) is 5.01 Å². The molecule has 0 bridgehead atoms. The number of benzene rings is 2. The lowest BCUT2D eigenvalue weighted by Crippen LogP contribution is -2.57. The Morgan fingerprint density at radius 2 is 1.76 bits per heavy atom. The lowest BCUT2D eigenvalue weighted by atomic mass is 9.89. The molecule has 0 radical (unpaired) electrons. The Hall–Kier alpha value is -3.57. The zero-order chi connectivity index (χ0) is 24.5. The van der Waals surface area contributed by atoms with Crippen molar-refractivity contribution in [1.29, 1.82) is 0 Å². The number of hydrogen-bond acceptors (Lipinski definition) is 6. The first-order chi connectivity index (χ1) is 16.3. The van der Waals surface area contributed by atoms with E-state index in [1.165, 1.54) is 14.2 Å². The van der Waals surface area contributed by atoms with Gasteiger partial charge in [-0.25, -0.2) is 10.4 Å². The van der Waals surface area contributed by atoms with Crippen molar-refractivity contribution in [2.75, 3.05) is 26.1 Å². The number of nitrogens with one attached hydrogen (secondary N) is 3. The van der Waals surface area contributed by atoms with Crippen molar-refractivity contribution < 1.29 is 32.2 Å². The van der Waals surface area contributed by atoms with Crippen LogP contribution in [0.3, 0.4) is 0 Å². The van der Waals surface area contributed by atoms with Crippen LogP contribution >= 0.6 is 0 Å². The van der Waals surface area contributed by atoms with Crippen LogP contribution in [0.1, 0.15) is 11.5 Å². The van der Waals surface area contributed by atoms with Gasteiger partial charge in [-0.05, 0) is 17.7 Å². The van der Waals surface area contributed by atoms with E-state index in [1.807, 2.05) is 0 Å². The molecule has 34 heavy (non-hydrogen) atoms. The molecule has 2 amide bonds. The van der Waals surface area contributed by atoms with Crippen molar-refractivity contribution in [2.24, 2.45) is 0 Å². The quantitative estimate of drug-likeness (QED) is 0.555. The summed E-state index contributed by atoms with van der Waals surface area (Å²) in [6.45, 7) is -0.178. The molecule has 180 valence electrons. The molecule has 4 rings (SSSR count). The number of carbonyl (C=O) groups excluding carboxylic acids is 2. The minimum absolute atomic E-state index is 0.0895. The number of alkyl halides is 3. The molecule has 2 aromatic carbocycles. The van der Waals surface area contributed by atoms with Gasteiger partial charge in [0.2, 0.25) is 0 Å². The maximum absolute atomic E-state index is 14.0. The summed E-state index contributed by atoms with van der Waals surface area (Å²) in [6.07, 6.45) is -5.74. The van der Waals surface area contributed by atoms with Crippen LogP contribution in [0.25, 0.3) is 0 Å². The van der Waals surface area contributed by atoms with Crippen LogP contribution in [0.4, 0.5) is 18.9 Å². The molecular weight excluding hydrogens is 453 g/mol. The number of ether oxygens (including phenoxy) is 2. The molecule has 3 atom stereocenters. The van der Waals surface area contributed by atoms with Crippen LogP contribution in [0.5, 0.6) is 5.75 Å². The van der Waals surface area contributed by atoms with Crippen molar-refractivity contribution >= 4 is 17.5 Å². The summed E-state index contributed by atoms with van der Waals surface area (Å²) in [5.74, 6) is -2.49. The molecule has 1 fully saturated rings. The van der Waals surface area contributed by atoms with Crippen molar-refractivity contribution in [3.05, 3.63) is 71.4 Å². The maximum Gasteiger partial charge on any atom is 0.406 e. The Morgan fingerprint density at radius 3 is 2.41 bits per heavy atom. The number of methoxy groups -OCH3 is 2. The number of halogens is 3. The van der Waals surface area contributed by atoms with Gasteiger partial charge >= 0.3 is 6.18 Å². The summed E-state index contributed by atoms with van der Waals surface area (Å²) >= 11 is 0. The molecule has 2 heterocycles. The molecule has 0 saturated carbocycles. The molecule has 2 aliphatic rings. The van der Waals surface area contributed by atoms with E-state index in [2.05, 4.69) is 16.1 Å². The third kappa shape index (κ3) is 4.31. The van der Waals surface area contributed by atoms with E-state index < -0.39 is 36.1 Å². The Bertz CT molecular complexity index is 1110. The van der Waals surface area contributed by atoms with E-state index in [9.17, 15) is 22.8 Å². The van der Waals surface area contributed by atoms with Gasteiger partial charge in [-0.1, -0.05) is 42.5 Å². The van der Waals surface area contributed by atoms with E-state index in [1.54, 1.807) is 54.6 Å². The van der Waals surface area contributed by atoms with Crippen LogP contribution in [-0.2, 0) is 14.3 Å². The predicted molar refractivity (Wildman–Crippen MR) is 116 cm³/mol. The second-order valence-corrected chi connectivity index (χ2v) is 7.79. The Morgan fingerprint density at radius 1 is 1.09 bits per heavy atom. The lowest BCUT2D eigenvalue weighted by Gasteiger charge is -2.35. The molecule has 2 aliphatic heterocycles. The standard InChI is InChI=1S/C23H23F3N4O4/c1-33-12-15-18(21(31)28-14-10-6-7-11-16(14)34-2)22(32)30-20(27-15)17(13-8-4-3-5-9-13)19(29-30)23(24,25)26/h3-11,17,19-20,27,29H,12H2,1-2H3,(H,28,31). The summed E-state index contributed by atoms with van der Waals surface area (Å²) in [6, 6.07) is 12.6. The highest BCUT2D eigenvalue weighted by molar-refractivity contribution is 6.24. The van der Waals surface area contributed by atoms with Crippen molar-refractivity contribution in [3.63, 3.8) is 0 Å². The predicted octanol–water partition coefficient (Wildman–Crippen LogP) is 2.52. The van der Waals surface area contributed by atoms with E-state index in [4.69, 9.17) is 9.47 Å². The minimum Gasteiger partial charge on any atom is -0.495 e. The lowest BCUT2D eigenvalue weighted by molar-refractivity contribution is -0.161. The molecule has 1 saturated heterocycles. The molecule has 3 N–H and O–H groups in total. The Balaban J connectivity index is 1.72. The van der Waals surface area contributed by atoms with Crippen LogP contribution in [0.2, 0.25) is 0 Å². The number of hydrogen-bond donors (Lipinski definition) is 3. The number of nitrogens with zero attached hydrogens (tertiary/aromatic N) is 1. The van der Waals surface area contributed by atoms with E-state index in [-0.39, 0.29) is 17.9 Å². The van der Waals surface area contributed by atoms with Crippen molar-refractivity contribution in [1.82, 2.24) is 15.8 Å². The molecule has 0 aliphatic carbocycles. The number of rotatable bonds is 6. The second kappa shape index (κ2) is 9.35. The van der Waals surface area contributed by atoms with Crippen LogP contribution in [-0.4, -0.2) is 56.0 Å². The molecule has 3 unspecified atom stereocenters. The average molecular weight is 476 g/mol. The van der Waals surface area contributed by atoms with Crippen LogP contribution in [0, 0.1) is 0 Å². The summed E-state index contributed by atoms with van der Waals surface area (Å²) < 4.78 is 52.3. The first-order valence-electron chi connectivity index (χ1n) is 10.4. The smallest absolute Gasteiger partial charge is 0.406 e. The fourth-order valence-electron chi connectivity index (χ4n) is 4.24. The van der Waals surface area contributed by atoms with Crippen LogP contribution in [0.15, 0.2) is 65.9 Å². The zero-order valence-corrected chi connectivity index (χ0v) is 18.3. The monoisotopic (exact) mass is 476 g/mol. The molecule has 0 spiro atoms. The van der Waals surface area contributed by atoms with Crippen molar-refractivity contribution in [3.8, 4) is 5.75 Å². The summed E-state index contributed by atoms with van der Waals surface area (Å²) in [7, 11) is 2.79. The number of fused-ring (bicyclic) bond motifs is 1. The summed E-state index contributed by atoms with van der Waals surface area (Å²) in [5, 5.41) is 6.39. The van der Waals surface area contributed by atoms with E-state index in [0.29, 0.717) is 17.0 Å². The Kier molecular flexibility index (Phi) is 6.49. The number of para-hydroxylation sites is 2. The second-order valence-electron chi connectivity index (χ2n) is 7.79. The van der Waals surface area contributed by atoms with Gasteiger partial charge in [-0.15, -0.1) is 0 Å². The van der Waals surface area contributed by atoms with Gasteiger partial charge in [0.1, 0.15) is 23.5 Å². The number of anilines is 1. The summed E-state index contributed by atoms with van der Waals surface area (Å²) in [4.78, 5) is 26.5. The van der Waals surface area contributed by atoms with Gasteiger partial charge in [-0.2, -0.15) is 13.2 Å². The Labute approximate surface area is 193 Å². The highest BCUT2D eigenvalue weighted by Gasteiger charge is 2.58. The van der Waals surface area contributed by atoms with Crippen LogP contribution < -0.4 is 20.8 Å². The van der Waals surface area contributed by atoms with Gasteiger partial charge in [-0.3, -0.25) is 9.59 Å². The first-order valence-corrected chi connectivity index (χ1v) is 10.4. The topological polar surface area (TPSA) is 91.9 Å². The van der Waals surface area contributed by atoms with Gasteiger partial charge < -0.3 is 20.1 Å². The molecule has 2 aromatic rings. The summed E-state index contributed by atoms with van der Waals surface area (Å²) in [5.41, 5.74) is 2.71. The largest absolute Gasteiger partial charge is 0.495 e. The van der Waals surface area contributed by atoms with Gasteiger partial charge in [0.05, 0.1) is 31.0 Å². The third-order valence-corrected chi connectivity index (χ3v) is 5.72. The molecule has 11 heteroatoms. The van der Waals surface area contributed by atoms with Gasteiger partial charge in [0, 0.05) is 7.11 Å². The first kappa shape index (κ1) is 23.6. The van der Waals surface area contributed by atoms with Crippen molar-refractivity contribution in [2.45, 2.75) is 24.3 Å². The fraction of sp³-hybridized carbons (Fsp3) is 0.304. The third-order valence-electron chi connectivity index (χ3n) is 5.72. The number of carbonyl (C=O) groups is 2. The highest BCUT2D eigenvalue weighted by atomic mass is 19.4. The zero-order valence-electron chi connectivity index (χ0n) is 18.3. The maximum atomic E-state index is 14.0. The molecular formula is C23H23F3N4O4. The van der Waals surface area contributed by atoms with Gasteiger partial charge in [0.25, 0.3) is 11.8 Å². The molecule has 8 nitrogen and oxygen atoms in total.